The lowest BCUT2D eigenvalue weighted by molar-refractivity contribution is -0.482. The minimum absolute atomic E-state index is 0.199. The molecule has 7 nitrogen and oxygen atoms in total. The molecule has 0 bridgehead atoms. The minimum atomic E-state index is -0.864. The van der Waals surface area contributed by atoms with Crippen molar-refractivity contribution in [1.29, 1.82) is 0 Å². The van der Waals surface area contributed by atoms with Crippen LogP contribution in [0.15, 0.2) is 48.7 Å². The molecule has 24 heavy (non-hydrogen) atoms. The molecule has 122 valence electrons. The third-order valence-electron chi connectivity index (χ3n) is 3.89. The number of aromatic nitrogens is 1. The van der Waals surface area contributed by atoms with E-state index in [1.54, 1.807) is 6.07 Å². The lowest BCUT2D eigenvalue weighted by Crippen LogP contribution is -2.15. The molecule has 1 atom stereocenters. The number of hydrogen-bond acceptors (Lipinski definition) is 4. The number of fused-ring (bicyclic) bond motifs is 1. The Morgan fingerprint density at radius 3 is 2.54 bits per heavy atom. The van der Waals surface area contributed by atoms with Crippen molar-refractivity contribution in [2.75, 3.05) is 6.54 Å². The summed E-state index contributed by atoms with van der Waals surface area (Å²) < 4.78 is 13.6. The summed E-state index contributed by atoms with van der Waals surface area (Å²) in [4.78, 5) is 24.2. The maximum atomic E-state index is 13.6. The van der Waals surface area contributed by atoms with Crippen LogP contribution in [0.25, 0.3) is 10.9 Å². The number of nitrogens with zero attached hydrogens (tertiary/aromatic N) is 2. The number of halogens is 1. The molecule has 0 aliphatic heterocycles. The van der Waals surface area contributed by atoms with E-state index in [2.05, 4.69) is 4.98 Å². The first-order chi connectivity index (χ1) is 11.5. The van der Waals surface area contributed by atoms with Crippen molar-refractivity contribution in [1.82, 2.24) is 4.98 Å². The maximum Gasteiger partial charge on any atom is 0.273 e. The molecule has 0 radical (unpaired) electrons. The van der Waals surface area contributed by atoms with Crippen molar-refractivity contribution in [3.63, 3.8) is 0 Å². The van der Waals surface area contributed by atoms with Gasteiger partial charge in [-0.25, -0.2) is 4.39 Å². The first-order valence-corrected chi connectivity index (χ1v) is 7.09. The van der Waals surface area contributed by atoms with Crippen molar-refractivity contribution < 1.29 is 14.2 Å². The zero-order chi connectivity index (χ0) is 17.3. The van der Waals surface area contributed by atoms with Crippen LogP contribution < -0.4 is 0 Å². The number of hydrogen-bond donors (Lipinski definition) is 1. The Balaban J connectivity index is 2.22. The number of nitro groups is 2. The molecule has 0 aliphatic carbocycles. The van der Waals surface area contributed by atoms with Crippen LogP contribution in [0.4, 0.5) is 10.1 Å². The van der Waals surface area contributed by atoms with Gasteiger partial charge in [-0.2, -0.15) is 0 Å². The van der Waals surface area contributed by atoms with Crippen LogP contribution in [0.2, 0.25) is 0 Å². The second-order valence-electron chi connectivity index (χ2n) is 5.32. The first-order valence-electron chi connectivity index (χ1n) is 7.09. The molecule has 1 heterocycles. The topological polar surface area (TPSA) is 102 Å². The summed E-state index contributed by atoms with van der Waals surface area (Å²) in [5.74, 6) is -1.34. The molecular formula is C16H12FN3O4. The highest BCUT2D eigenvalue weighted by Gasteiger charge is 2.29. The normalized spacial score (nSPS) is 12.2. The van der Waals surface area contributed by atoms with Gasteiger partial charge < -0.3 is 4.98 Å². The van der Waals surface area contributed by atoms with E-state index in [0.29, 0.717) is 16.5 Å². The van der Waals surface area contributed by atoms with Crippen LogP contribution >= 0.6 is 0 Å². The second kappa shape index (κ2) is 6.07. The van der Waals surface area contributed by atoms with E-state index < -0.39 is 28.1 Å². The summed E-state index contributed by atoms with van der Waals surface area (Å²) in [5, 5.41) is 22.9. The van der Waals surface area contributed by atoms with E-state index in [1.807, 2.05) is 0 Å². The van der Waals surface area contributed by atoms with Crippen LogP contribution in [0.5, 0.6) is 0 Å². The van der Waals surface area contributed by atoms with Gasteiger partial charge in [0, 0.05) is 33.7 Å². The predicted octanol–water partition coefficient (Wildman–Crippen LogP) is 3.62. The van der Waals surface area contributed by atoms with Crippen LogP contribution in [0.3, 0.4) is 0 Å². The average Bonchev–Trinajstić information content (AvgIpc) is 2.95. The van der Waals surface area contributed by atoms with E-state index in [0.717, 1.165) is 0 Å². The molecule has 0 saturated carbocycles. The van der Waals surface area contributed by atoms with Crippen LogP contribution in [-0.4, -0.2) is 21.4 Å². The van der Waals surface area contributed by atoms with Crippen molar-refractivity contribution in [3.8, 4) is 0 Å². The molecule has 1 unspecified atom stereocenters. The van der Waals surface area contributed by atoms with Gasteiger partial charge in [0.2, 0.25) is 6.54 Å². The van der Waals surface area contributed by atoms with Crippen LogP contribution in [0, 0.1) is 26.0 Å². The number of aromatic amines is 1. The van der Waals surface area contributed by atoms with Gasteiger partial charge in [-0.3, -0.25) is 20.2 Å². The van der Waals surface area contributed by atoms with Crippen LogP contribution in [-0.2, 0) is 0 Å². The molecule has 0 aliphatic rings. The Labute approximate surface area is 135 Å². The Morgan fingerprint density at radius 2 is 1.83 bits per heavy atom. The number of rotatable bonds is 5. The highest BCUT2D eigenvalue weighted by molar-refractivity contribution is 5.84. The van der Waals surface area contributed by atoms with E-state index in [1.165, 1.54) is 42.6 Å². The van der Waals surface area contributed by atoms with Gasteiger partial charge in [0.05, 0.1) is 10.8 Å². The van der Waals surface area contributed by atoms with Crippen molar-refractivity contribution >= 4 is 16.6 Å². The van der Waals surface area contributed by atoms with E-state index in [-0.39, 0.29) is 11.3 Å². The summed E-state index contributed by atoms with van der Waals surface area (Å²) in [5.41, 5.74) is 1.09. The van der Waals surface area contributed by atoms with Gasteiger partial charge in [-0.05, 0) is 23.8 Å². The summed E-state index contributed by atoms with van der Waals surface area (Å²) in [6.07, 6.45) is 1.54. The summed E-state index contributed by atoms with van der Waals surface area (Å²) in [7, 11) is 0. The molecular weight excluding hydrogens is 317 g/mol. The Bertz CT molecular complexity index is 938. The SMILES string of the molecule is O=[N+]([O-])CC(c1ccccc1[N+](=O)[O-])c1c[nH]c2ccc(F)cc12. The second-order valence-corrected chi connectivity index (χ2v) is 5.32. The van der Waals surface area contributed by atoms with Gasteiger partial charge in [0.15, 0.2) is 0 Å². The fourth-order valence-electron chi connectivity index (χ4n) is 2.86. The average molecular weight is 329 g/mol. The van der Waals surface area contributed by atoms with E-state index in [9.17, 15) is 24.6 Å². The zero-order valence-electron chi connectivity index (χ0n) is 12.3. The Kier molecular flexibility index (Phi) is 3.95. The quantitative estimate of drug-likeness (QED) is 0.570. The standard InChI is InChI=1S/C16H12FN3O4/c17-10-5-6-15-12(7-10)13(8-18-15)14(9-19(21)22)11-3-1-2-4-16(11)20(23)24/h1-8,14,18H,9H2. The molecule has 8 heteroatoms. The molecule has 0 fully saturated rings. The third kappa shape index (κ3) is 2.81. The van der Waals surface area contributed by atoms with Gasteiger partial charge in [0.25, 0.3) is 5.69 Å². The van der Waals surface area contributed by atoms with Gasteiger partial charge in [-0.1, -0.05) is 18.2 Å². The summed E-state index contributed by atoms with van der Waals surface area (Å²) in [6.45, 7) is -0.533. The fourth-order valence-corrected chi connectivity index (χ4v) is 2.86. The predicted molar refractivity (Wildman–Crippen MR) is 85.1 cm³/mol. The molecule has 2 aromatic carbocycles. The molecule has 1 N–H and O–H groups in total. The Morgan fingerprint density at radius 1 is 1.08 bits per heavy atom. The molecule has 0 spiro atoms. The highest BCUT2D eigenvalue weighted by atomic mass is 19.1. The van der Waals surface area contributed by atoms with Crippen molar-refractivity contribution in [2.45, 2.75) is 5.92 Å². The van der Waals surface area contributed by atoms with Gasteiger partial charge >= 0.3 is 0 Å². The maximum absolute atomic E-state index is 13.6. The molecule has 3 aromatic rings. The highest BCUT2D eigenvalue weighted by Crippen LogP contribution is 2.35. The summed E-state index contributed by atoms with van der Waals surface area (Å²) >= 11 is 0. The number of H-pyrrole nitrogens is 1. The lowest BCUT2D eigenvalue weighted by Gasteiger charge is -2.13. The van der Waals surface area contributed by atoms with Crippen molar-refractivity contribution in [3.05, 3.63) is 85.8 Å². The first kappa shape index (κ1) is 15.6. The number of nitrogens with one attached hydrogen (secondary N) is 1. The number of benzene rings is 2. The summed E-state index contributed by atoms with van der Waals surface area (Å²) in [6, 6.07) is 9.95. The largest absolute Gasteiger partial charge is 0.361 e. The molecule has 1 aromatic heterocycles. The van der Waals surface area contributed by atoms with Crippen LogP contribution in [0.1, 0.15) is 17.0 Å². The Hall–Kier alpha value is -3.29. The number of para-hydroxylation sites is 1. The molecule has 3 rings (SSSR count). The number of nitro benzene ring substituents is 1. The lowest BCUT2D eigenvalue weighted by atomic mass is 9.90. The third-order valence-corrected chi connectivity index (χ3v) is 3.89. The smallest absolute Gasteiger partial charge is 0.273 e. The van der Waals surface area contributed by atoms with Gasteiger partial charge in [-0.15, -0.1) is 0 Å². The fraction of sp³-hybridized carbons (Fsp3) is 0.125. The van der Waals surface area contributed by atoms with Gasteiger partial charge in [0.1, 0.15) is 5.82 Å². The van der Waals surface area contributed by atoms with Crippen molar-refractivity contribution in [2.24, 2.45) is 0 Å². The minimum Gasteiger partial charge on any atom is -0.361 e. The van der Waals surface area contributed by atoms with E-state index in [4.69, 9.17) is 0 Å². The molecule has 0 amide bonds. The monoisotopic (exact) mass is 329 g/mol. The zero-order valence-corrected chi connectivity index (χ0v) is 12.3. The van der Waals surface area contributed by atoms with E-state index >= 15 is 0 Å². The molecule has 0 saturated heterocycles.